The lowest BCUT2D eigenvalue weighted by Gasteiger charge is -2.06. The fraction of sp³-hybridized carbons (Fsp3) is 0.333. The Bertz CT molecular complexity index is 529. The smallest absolute Gasteiger partial charge is 0.151 e. The van der Waals surface area contributed by atoms with E-state index in [-0.39, 0.29) is 5.75 Å². The molecule has 1 aliphatic rings. The maximum atomic E-state index is 10.8. The Kier molecular flexibility index (Phi) is 6.95. The Morgan fingerprint density at radius 2 is 1.89 bits per heavy atom. The van der Waals surface area contributed by atoms with Crippen molar-refractivity contribution in [2.45, 2.75) is 18.6 Å². The van der Waals surface area contributed by atoms with Crippen LogP contribution in [-0.2, 0) is 15.6 Å². The van der Waals surface area contributed by atoms with E-state index in [2.05, 4.69) is 24.8 Å². The molecule has 0 amide bonds. The highest BCUT2D eigenvalue weighted by Gasteiger charge is 2.07. The van der Waals surface area contributed by atoms with Crippen LogP contribution in [0.3, 0.4) is 0 Å². The molecule has 0 aromatic heterocycles. The lowest BCUT2D eigenvalue weighted by Crippen LogP contribution is -2.06. The monoisotopic (exact) mass is 296 g/mol. The van der Waals surface area contributed by atoms with Crippen LogP contribution in [0.15, 0.2) is 54.1 Å². The quantitative estimate of drug-likeness (QED) is 0.867. The standard InChI is InChI=1S/C8H12O2S.C7H8S/c1-11(9,10)7-8-5-3-2-4-6-8;8-6-7-4-2-1-3-5-7/h2-3,5H,4,6-7H2,1H3;1-5,8H,6H2. The maximum Gasteiger partial charge on any atom is 0.151 e. The summed E-state index contributed by atoms with van der Waals surface area (Å²) in [4.78, 5) is 0. The van der Waals surface area contributed by atoms with Crippen LogP contribution in [0.25, 0.3) is 0 Å². The van der Waals surface area contributed by atoms with Crippen molar-refractivity contribution in [3.8, 4) is 0 Å². The van der Waals surface area contributed by atoms with Crippen LogP contribution in [0.5, 0.6) is 0 Å². The van der Waals surface area contributed by atoms with E-state index in [0.29, 0.717) is 0 Å². The van der Waals surface area contributed by atoms with Crippen LogP contribution in [0.4, 0.5) is 0 Å². The first kappa shape index (κ1) is 16.1. The molecule has 1 aliphatic carbocycles. The molecule has 0 heterocycles. The molecule has 0 bridgehead atoms. The highest BCUT2D eigenvalue weighted by atomic mass is 32.2. The van der Waals surface area contributed by atoms with Gasteiger partial charge in [-0.2, -0.15) is 12.6 Å². The molecule has 1 aromatic rings. The minimum atomic E-state index is -2.83. The van der Waals surface area contributed by atoms with Crippen molar-refractivity contribution in [2.24, 2.45) is 0 Å². The summed E-state index contributed by atoms with van der Waals surface area (Å²) in [7, 11) is -2.83. The first-order valence-corrected chi connectivity index (χ1v) is 8.87. The number of sulfone groups is 1. The summed E-state index contributed by atoms with van der Waals surface area (Å²) in [6, 6.07) is 10.2. The molecule has 0 atom stereocenters. The summed E-state index contributed by atoms with van der Waals surface area (Å²) in [5, 5.41) is 0. The topological polar surface area (TPSA) is 34.1 Å². The van der Waals surface area contributed by atoms with E-state index >= 15 is 0 Å². The van der Waals surface area contributed by atoms with Gasteiger partial charge in [-0.05, 0) is 18.4 Å². The van der Waals surface area contributed by atoms with Crippen molar-refractivity contribution in [3.05, 3.63) is 59.7 Å². The number of allylic oxidation sites excluding steroid dienone is 3. The van der Waals surface area contributed by atoms with Crippen molar-refractivity contribution >= 4 is 22.5 Å². The summed E-state index contributed by atoms with van der Waals surface area (Å²) in [5.41, 5.74) is 2.30. The third-order valence-electron chi connectivity index (χ3n) is 2.57. The second-order valence-corrected chi connectivity index (χ2v) is 6.96. The summed E-state index contributed by atoms with van der Waals surface area (Å²) in [6.07, 6.45) is 9.00. The minimum Gasteiger partial charge on any atom is -0.229 e. The van der Waals surface area contributed by atoms with Gasteiger partial charge in [0.1, 0.15) is 0 Å². The number of hydrogen-bond donors (Lipinski definition) is 1. The Balaban J connectivity index is 0.000000200. The third kappa shape index (κ3) is 7.90. The number of hydrogen-bond acceptors (Lipinski definition) is 3. The van der Waals surface area contributed by atoms with E-state index in [4.69, 9.17) is 0 Å². The van der Waals surface area contributed by atoms with Crippen LogP contribution in [-0.4, -0.2) is 20.4 Å². The molecule has 0 aliphatic heterocycles. The number of rotatable bonds is 3. The van der Waals surface area contributed by atoms with E-state index in [1.165, 1.54) is 11.8 Å². The fourth-order valence-electron chi connectivity index (χ4n) is 1.69. The molecular weight excluding hydrogens is 276 g/mol. The fourth-order valence-corrected chi connectivity index (χ4v) is 2.82. The molecule has 2 nitrogen and oxygen atoms in total. The molecule has 2 rings (SSSR count). The zero-order valence-corrected chi connectivity index (χ0v) is 12.8. The summed E-state index contributed by atoms with van der Waals surface area (Å²) in [5.74, 6) is 1.05. The predicted octanol–water partition coefficient (Wildman–Crippen LogP) is 3.42. The van der Waals surface area contributed by atoms with Gasteiger partial charge < -0.3 is 0 Å². The Morgan fingerprint density at radius 1 is 1.21 bits per heavy atom. The number of benzene rings is 1. The lowest BCUT2D eigenvalue weighted by molar-refractivity contribution is 0.603. The van der Waals surface area contributed by atoms with E-state index in [1.807, 2.05) is 36.4 Å². The average Bonchev–Trinajstić information content (AvgIpc) is 2.40. The van der Waals surface area contributed by atoms with Gasteiger partial charge in [-0.1, -0.05) is 54.1 Å². The molecule has 1 aromatic carbocycles. The Labute approximate surface area is 121 Å². The molecule has 0 radical (unpaired) electrons. The number of thiol groups is 1. The van der Waals surface area contributed by atoms with Gasteiger partial charge in [-0.15, -0.1) is 0 Å². The highest BCUT2D eigenvalue weighted by molar-refractivity contribution is 7.90. The van der Waals surface area contributed by atoms with E-state index in [1.54, 1.807) is 0 Å². The SMILES string of the molecule is CS(=O)(=O)CC1=CC=CCC1.SCc1ccccc1. The summed E-state index contributed by atoms with van der Waals surface area (Å²) < 4.78 is 21.7. The molecule has 104 valence electrons. The van der Waals surface area contributed by atoms with Crippen LogP contribution in [0, 0.1) is 0 Å². The second-order valence-electron chi connectivity index (χ2n) is 4.51. The molecule has 4 heteroatoms. The normalized spacial score (nSPS) is 14.3. The molecule has 0 saturated carbocycles. The zero-order valence-electron chi connectivity index (χ0n) is 11.1. The Hall–Kier alpha value is -1.00. The van der Waals surface area contributed by atoms with Gasteiger partial charge in [0, 0.05) is 12.0 Å². The maximum absolute atomic E-state index is 10.8. The minimum absolute atomic E-state index is 0.220. The van der Waals surface area contributed by atoms with Gasteiger partial charge in [0.05, 0.1) is 5.75 Å². The molecule has 0 unspecified atom stereocenters. The largest absolute Gasteiger partial charge is 0.229 e. The first-order chi connectivity index (χ1) is 9.01. The van der Waals surface area contributed by atoms with Crippen molar-refractivity contribution in [3.63, 3.8) is 0 Å². The molecule has 0 saturated heterocycles. The van der Waals surface area contributed by atoms with Crippen LogP contribution in [0.1, 0.15) is 18.4 Å². The lowest BCUT2D eigenvalue weighted by atomic mass is 10.1. The average molecular weight is 296 g/mol. The van der Waals surface area contributed by atoms with Gasteiger partial charge in [-0.25, -0.2) is 8.42 Å². The third-order valence-corrected chi connectivity index (χ3v) is 3.83. The molecule has 0 fully saturated rings. The van der Waals surface area contributed by atoms with Crippen molar-refractivity contribution < 1.29 is 8.42 Å². The predicted molar refractivity (Wildman–Crippen MR) is 85.3 cm³/mol. The van der Waals surface area contributed by atoms with E-state index in [9.17, 15) is 8.42 Å². The van der Waals surface area contributed by atoms with Gasteiger partial charge in [-0.3, -0.25) is 0 Å². The zero-order chi connectivity index (χ0) is 14.1. The first-order valence-electron chi connectivity index (χ1n) is 6.18. The van der Waals surface area contributed by atoms with E-state index < -0.39 is 9.84 Å². The van der Waals surface area contributed by atoms with E-state index in [0.717, 1.165) is 24.2 Å². The summed E-state index contributed by atoms with van der Waals surface area (Å²) >= 11 is 4.11. The second kappa shape index (κ2) is 8.23. The van der Waals surface area contributed by atoms with Crippen molar-refractivity contribution in [1.29, 1.82) is 0 Å². The van der Waals surface area contributed by atoms with Gasteiger partial charge in [0.15, 0.2) is 9.84 Å². The highest BCUT2D eigenvalue weighted by Crippen LogP contribution is 2.12. The van der Waals surface area contributed by atoms with Gasteiger partial charge >= 0.3 is 0 Å². The van der Waals surface area contributed by atoms with Crippen LogP contribution >= 0.6 is 12.6 Å². The van der Waals surface area contributed by atoms with Crippen LogP contribution < -0.4 is 0 Å². The van der Waals surface area contributed by atoms with Gasteiger partial charge in [0.2, 0.25) is 0 Å². The molecule has 19 heavy (non-hydrogen) atoms. The summed E-state index contributed by atoms with van der Waals surface area (Å²) in [6.45, 7) is 0. The van der Waals surface area contributed by atoms with Crippen LogP contribution in [0.2, 0.25) is 0 Å². The Morgan fingerprint density at radius 3 is 2.32 bits per heavy atom. The van der Waals surface area contributed by atoms with Crippen molar-refractivity contribution in [1.82, 2.24) is 0 Å². The van der Waals surface area contributed by atoms with Crippen molar-refractivity contribution in [2.75, 3.05) is 12.0 Å². The molecular formula is C15H20O2S2. The van der Waals surface area contributed by atoms with Gasteiger partial charge in [0.25, 0.3) is 0 Å². The molecule has 0 N–H and O–H groups in total. The molecule has 0 spiro atoms.